The fourth-order valence-corrected chi connectivity index (χ4v) is 3.87. The molecule has 1 aliphatic heterocycles. The average Bonchev–Trinajstić information content (AvgIpc) is 2.99. The summed E-state index contributed by atoms with van der Waals surface area (Å²) in [6.45, 7) is 5.23. The van der Waals surface area contributed by atoms with E-state index in [-0.39, 0.29) is 11.9 Å². The van der Waals surface area contributed by atoms with Crippen molar-refractivity contribution < 1.29 is 9.13 Å². The van der Waals surface area contributed by atoms with Crippen LogP contribution in [-0.2, 0) is 6.42 Å². The van der Waals surface area contributed by atoms with Crippen molar-refractivity contribution in [2.75, 3.05) is 13.7 Å². The Bertz CT molecular complexity index is 929. The molecular weight excluding hydrogens is 315 g/mol. The van der Waals surface area contributed by atoms with E-state index in [0.717, 1.165) is 35.3 Å². The molecule has 2 aromatic carbocycles. The Morgan fingerprint density at radius 2 is 2.00 bits per heavy atom. The van der Waals surface area contributed by atoms with Crippen LogP contribution in [0.1, 0.15) is 48.2 Å². The first-order valence-electron chi connectivity index (χ1n) is 8.79. The quantitative estimate of drug-likeness (QED) is 0.728. The molecule has 3 nitrogen and oxygen atoms in total. The molecule has 1 aromatic heterocycles. The minimum Gasteiger partial charge on any atom is -0.496 e. The van der Waals surface area contributed by atoms with Crippen molar-refractivity contribution in [2.45, 2.75) is 32.2 Å². The summed E-state index contributed by atoms with van der Waals surface area (Å²) in [6.07, 6.45) is 0.905. The number of hydrogen-bond donors (Lipinski definition) is 2. The molecule has 0 aliphatic carbocycles. The zero-order valence-corrected chi connectivity index (χ0v) is 14.8. The molecule has 25 heavy (non-hydrogen) atoms. The SMILES string of the molecule is COc1ccc(C2NCCc3c2[nH]c2ccc(F)cc32)cc1C(C)C. The third-order valence-electron chi connectivity index (χ3n) is 5.12. The molecule has 0 bridgehead atoms. The highest BCUT2D eigenvalue weighted by atomic mass is 19.1. The third kappa shape index (κ3) is 2.71. The van der Waals surface area contributed by atoms with Crippen LogP contribution in [0.3, 0.4) is 0 Å². The van der Waals surface area contributed by atoms with E-state index in [4.69, 9.17) is 4.74 Å². The van der Waals surface area contributed by atoms with Crippen LogP contribution in [0.25, 0.3) is 10.9 Å². The van der Waals surface area contributed by atoms with Crippen LogP contribution < -0.4 is 10.1 Å². The number of benzene rings is 2. The number of methoxy groups -OCH3 is 1. The van der Waals surface area contributed by atoms with Gasteiger partial charge in [0, 0.05) is 23.1 Å². The molecule has 3 aromatic rings. The molecule has 0 saturated heterocycles. The average molecular weight is 338 g/mol. The highest BCUT2D eigenvalue weighted by Gasteiger charge is 2.26. The Labute approximate surface area is 147 Å². The minimum absolute atomic E-state index is 0.0858. The maximum atomic E-state index is 13.7. The highest BCUT2D eigenvalue weighted by Crippen LogP contribution is 2.36. The van der Waals surface area contributed by atoms with Gasteiger partial charge in [-0.05, 0) is 59.4 Å². The Hall–Kier alpha value is -2.33. The van der Waals surface area contributed by atoms with Crippen molar-refractivity contribution in [1.29, 1.82) is 0 Å². The lowest BCUT2D eigenvalue weighted by molar-refractivity contribution is 0.407. The van der Waals surface area contributed by atoms with Crippen molar-refractivity contribution in [3.8, 4) is 5.75 Å². The second-order valence-electron chi connectivity index (χ2n) is 7.00. The van der Waals surface area contributed by atoms with Crippen LogP contribution in [0.5, 0.6) is 5.75 Å². The van der Waals surface area contributed by atoms with E-state index in [2.05, 4.69) is 36.3 Å². The molecule has 1 aliphatic rings. The van der Waals surface area contributed by atoms with Crippen LogP contribution in [0.4, 0.5) is 4.39 Å². The Morgan fingerprint density at radius 3 is 2.76 bits per heavy atom. The molecule has 130 valence electrons. The molecule has 2 N–H and O–H groups in total. The van der Waals surface area contributed by atoms with E-state index in [1.165, 1.54) is 22.8 Å². The lowest BCUT2D eigenvalue weighted by Crippen LogP contribution is -2.30. The zero-order valence-electron chi connectivity index (χ0n) is 14.8. The highest BCUT2D eigenvalue weighted by molar-refractivity contribution is 5.85. The van der Waals surface area contributed by atoms with Gasteiger partial charge in [-0.1, -0.05) is 19.9 Å². The molecule has 0 spiro atoms. The number of rotatable bonds is 3. The summed E-state index contributed by atoms with van der Waals surface area (Å²) in [7, 11) is 1.71. The Balaban J connectivity index is 1.84. The molecule has 0 amide bonds. The second kappa shape index (κ2) is 6.19. The molecule has 4 rings (SSSR count). The topological polar surface area (TPSA) is 37.0 Å². The maximum Gasteiger partial charge on any atom is 0.123 e. The van der Waals surface area contributed by atoms with E-state index in [0.29, 0.717) is 5.92 Å². The van der Waals surface area contributed by atoms with E-state index >= 15 is 0 Å². The van der Waals surface area contributed by atoms with Gasteiger partial charge in [0.05, 0.1) is 13.2 Å². The van der Waals surface area contributed by atoms with Crippen molar-refractivity contribution in [3.63, 3.8) is 0 Å². The first-order valence-corrected chi connectivity index (χ1v) is 8.79. The smallest absolute Gasteiger partial charge is 0.123 e. The molecular formula is C21H23FN2O. The number of hydrogen-bond acceptors (Lipinski definition) is 2. The van der Waals surface area contributed by atoms with Crippen molar-refractivity contribution >= 4 is 10.9 Å². The van der Waals surface area contributed by atoms with Gasteiger partial charge >= 0.3 is 0 Å². The van der Waals surface area contributed by atoms with Crippen LogP contribution in [0.15, 0.2) is 36.4 Å². The molecule has 0 saturated carbocycles. The van der Waals surface area contributed by atoms with E-state index < -0.39 is 0 Å². The number of aromatic nitrogens is 1. The van der Waals surface area contributed by atoms with Crippen molar-refractivity contribution in [3.05, 3.63) is 64.6 Å². The summed E-state index contributed by atoms with van der Waals surface area (Å²) in [5, 5.41) is 4.60. The fraction of sp³-hybridized carbons (Fsp3) is 0.333. The van der Waals surface area contributed by atoms with Crippen LogP contribution in [0, 0.1) is 5.82 Å². The largest absolute Gasteiger partial charge is 0.496 e. The Kier molecular flexibility index (Phi) is 4.00. The fourth-order valence-electron chi connectivity index (χ4n) is 3.87. The first-order chi connectivity index (χ1) is 12.1. The lowest BCUT2D eigenvalue weighted by Gasteiger charge is -2.26. The molecule has 0 fully saturated rings. The van der Waals surface area contributed by atoms with Gasteiger partial charge in [-0.25, -0.2) is 4.39 Å². The van der Waals surface area contributed by atoms with E-state index in [1.54, 1.807) is 13.2 Å². The summed E-state index contributed by atoms with van der Waals surface area (Å²) >= 11 is 0. The number of ether oxygens (including phenoxy) is 1. The molecule has 1 atom stereocenters. The zero-order chi connectivity index (χ0) is 17.6. The number of nitrogens with one attached hydrogen (secondary N) is 2. The van der Waals surface area contributed by atoms with Gasteiger partial charge in [0.1, 0.15) is 11.6 Å². The third-order valence-corrected chi connectivity index (χ3v) is 5.12. The summed E-state index contributed by atoms with van der Waals surface area (Å²) in [6, 6.07) is 11.4. The van der Waals surface area contributed by atoms with Gasteiger partial charge in [-0.3, -0.25) is 0 Å². The van der Waals surface area contributed by atoms with Gasteiger partial charge in [-0.2, -0.15) is 0 Å². The van der Waals surface area contributed by atoms with Gasteiger partial charge in [0.25, 0.3) is 0 Å². The van der Waals surface area contributed by atoms with E-state index in [1.807, 2.05) is 12.1 Å². The van der Waals surface area contributed by atoms with E-state index in [9.17, 15) is 4.39 Å². The monoisotopic (exact) mass is 338 g/mol. The normalized spacial score (nSPS) is 17.1. The van der Waals surface area contributed by atoms with Crippen LogP contribution >= 0.6 is 0 Å². The predicted molar refractivity (Wildman–Crippen MR) is 98.9 cm³/mol. The molecule has 0 radical (unpaired) electrons. The molecule has 2 heterocycles. The summed E-state index contributed by atoms with van der Waals surface area (Å²) < 4.78 is 19.2. The van der Waals surface area contributed by atoms with Gasteiger partial charge < -0.3 is 15.0 Å². The summed E-state index contributed by atoms with van der Waals surface area (Å²) in [5.41, 5.74) is 5.78. The second-order valence-corrected chi connectivity index (χ2v) is 7.00. The van der Waals surface area contributed by atoms with Crippen molar-refractivity contribution in [2.24, 2.45) is 0 Å². The van der Waals surface area contributed by atoms with Gasteiger partial charge in [0.2, 0.25) is 0 Å². The van der Waals surface area contributed by atoms with Crippen molar-refractivity contribution in [1.82, 2.24) is 10.3 Å². The standard InChI is InChI=1S/C21H23FN2O/c1-12(2)16-10-13(4-7-19(16)25-3)20-21-15(8-9-23-20)17-11-14(22)5-6-18(17)24-21/h4-7,10-12,20,23-24H,8-9H2,1-3H3. The van der Waals surface area contributed by atoms with Gasteiger partial charge in [0.15, 0.2) is 0 Å². The lowest BCUT2D eigenvalue weighted by atomic mass is 9.91. The number of fused-ring (bicyclic) bond motifs is 3. The molecule has 1 unspecified atom stereocenters. The number of halogens is 1. The molecule has 4 heteroatoms. The number of H-pyrrole nitrogens is 1. The maximum absolute atomic E-state index is 13.7. The Morgan fingerprint density at radius 1 is 1.16 bits per heavy atom. The van der Waals surface area contributed by atoms with Crippen LogP contribution in [-0.4, -0.2) is 18.6 Å². The summed E-state index contributed by atoms with van der Waals surface area (Å²) in [5.74, 6) is 1.12. The predicted octanol–water partition coefficient (Wildman–Crippen LogP) is 4.67. The van der Waals surface area contributed by atoms with Gasteiger partial charge in [-0.15, -0.1) is 0 Å². The number of aromatic amines is 1. The minimum atomic E-state index is -0.184. The first kappa shape index (κ1) is 16.2. The van der Waals surface area contributed by atoms with Crippen LogP contribution in [0.2, 0.25) is 0 Å². The summed E-state index contributed by atoms with van der Waals surface area (Å²) in [4.78, 5) is 3.51.